The van der Waals surface area contributed by atoms with E-state index in [-0.39, 0.29) is 5.69 Å². The number of hydrogen-bond acceptors (Lipinski definition) is 6. The van der Waals surface area contributed by atoms with Gasteiger partial charge in [0.05, 0.1) is 17.2 Å². The Kier molecular flexibility index (Phi) is 6.40. The van der Waals surface area contributed by atoms with Crippen LogP contribution in [0.4, 0.5) is 24.5 Å². The smallest absolute Gasteiger partial charge is 0.417 e. The van der Waals surface area contributed by atoms with Crippen molar-refractivity contribution in [1.29, 1.82) is 5.26 Å². The number of ether oxygens (including phenoxy) is 1. The van der Waals surface area contributed by atoms with Crippen LogP contribution in [-0.4, -0.2) is 22.9 Å². The van der Waals surface area contributed by atoms with Crippen molar-refractivity contribution < 1.29 is 27.5 Å². The lowest BCUT2D eigenvalue weighted by atomic mass is 10.0. The van der Waals surface area contributed by atoms with Gasteiger partial charge in [0, 0.05) is 18.3 Å². The first-order valence-corrected chi connectivity index (χ1v) is 10.6. The molecule has 0 radical (unpaired) electrons. The average molecular weight is 478 g/mol. The van der Waals surface area contributed by atoms with Crippen LogP contribution in [-0.2, 0) is 22.2 Å². The van der Waals surface area contributed by atoms with Gasteiger partial charge >= 0.3 is 12.1 Å². The fourth-order valence-electron chi connectivity index (χ4n) is 3.87. The lowest BCUT2D eigenvalue weighted by Gasteiger charge is -2.34. The van der Waals surface area contributed by atoms with Gasteiger partial charge in [-0.05, 0) is 62.2 Å². The third-order valence-electron chi connectivity index (χ3n) is 5.47. The molecule has 2 aromatic rings. The van der Waals surface area contributed by atoms with Gasteiger partial charge in [0.25, 0.3) is 5.91 Å². The summed E-state index contributed by atoms with van der Waals surface area (Å²) in [6, 6.07) is 9.72. The Balaban J connectivity index is 2.08. The van der Waals surface area contributed by atoms with Gasteiger partial charge in [-0.2, -0.15) is 18.4 Å². The summed E-state index contributed by atoms with van der Waals surface area (Å²) >= 11 is 4.58. The van der Waals surface area contributed by atoms with Gasteiger partial charge in [-0.15, -0.1) is 12.6 Å². The van der Waals surface area contributed by atoms with Gasteiger partial charge in [-0.1, -0.05) is 6.92 Å². The van der Waals surface area contributed by atoms with Crippen LogP contribution in [0.2, 0.25) is 0 Å². The summed E-state index contributed by atoms with van der Waals surface area (Å²) in [5.74, 6) is -0.525. The molecule has 1 atom stereocenters. The number of nitriles is 1. The summed E-state index contributed by atoms with van der Waals surface area (Å²) in [5, 5.41) is 9.06. The summed E-state index contributed by atoms with van der Waals surface area (Å²) in [4.78, 5) is 27.5. The molecule has 1 amide bonds. The van der Waals surface area contributed by atoms with Crippen molar-refractivity contribution in [3.8, 4) is 11.8 Å². The predicted octanol–water partition coefficient (Wildman–Crippen LogP) is 4.91. The molecule has 6 nitrogen and oxygen atoms in total. The van der Waals surface area contributed by atoms with E-state index in [4.69, 9.17) is 10.00 Å². The van der Waals surface area contributed by atoms with Crippen molar-refractivity contribution in [3.05, 3.63) is 53.1 Å². The van der Waals surface area contributed by atoms with E-state index in [1.54, 1.807) is 36.9 Å². The number of amides is 1. The monoisotopic (exact) mass is 477 g/mol. The quantitative estimate of drug-likeness (QED) is 0.385. The molecule has 33 heavy (non-hydrogen) atoms. The third kappa shape index (κ3) is 4.37. The SMILES string of the molecule is CCc1cc(N2C(S)N(c3ccc(C#N)c(C(F)(F)F)c3)C(=O)C2(C)C)ccc1OC(C)=O. The molecule has 0 bridgehead atoms. The van der Waals surface area contributed by atoms with Gasteiger partial charge < -0.3 is 9.64 Å². The summed E-state index contributed by atoms with van der Waals surface area (Å²) in [6.07, 6.45) is -4.21. The van der Waals surface area contributed by atoms with Crippen molar-refractivity contribution in [1.82, 2.24) is 0 Å². The Morgan fingerprint density at radius 2 is 1.85 bits per heavy atom. The van der Waals surface area contributed by atoms with Crippen molar-refractivity contribution in [2.75, 3.05) is 9.80 Å². The molecule has 1 aliphatic heterocycles. The summed E-state index contributed by atoms with van der Waals surface area (Å²) in [7, 11) is 0. The zero-order valence-electron chi connectivity index (χ0n) is 18.4. The van der Waals surface area contributed by atoms with Gasteiger partial charge in [0.1, 0.15) is 11.3 Å². The number of hydrogen-bond donors (Lipinski definition) is 1. The Hall–Kier alpha value is -3.19. The molecular weight excluding hydrogens is 455 g/mol. The zero-order chi connectivity index (χ0) is 24.7. The molecule has 1 saturated heterocycles. The predicted molar refractivity (Wildman–Crippen MR) is 120 cm³/mol. The number of alkyl halides is 3. The van der Waals surface area contributed by atoms with E-state index in [0.29, 0.717) is 17.9 Å². The fourth-order valence-corrected chi connectivity index (χ4v) is 4.53. The number of carbonyl (C=O) groups excluding carboxylic acids is 2. The number of carbonyl (C=O) groups is 2. The van der Waals surface area contributed by atoms with Crippen molar-refractivity contribution >= 4 is 35.9 Å². The Morgan fingerprint density at radius 3 is 2.39 bits per heavy atom. The number of benzene rings is 2. The van der Waals surface area contributed by atoms with E-state index in [1.807, 2.05) is 6.92 Å². The maximum absolute atomic E-state index is 13.5. The molecule has 0 aliphatic carbocycles. The van der Waals surface area contributed by atoms with Crippen molar-refractivity contribution in [3.63, 3.8) is 0 Å². The van der Waals surface area contributed by atoms with Crippen LogP contribution in [0.5, 0.6) is 5.75 Å². The lowest BCUT2D eigenvalue weighted by Crippen LogP contribution is -2.45. The summed E-state index contributed by atoms with van der Waals surface area (Å²) < 4.78 is 45.7. The second-order valence-corrected chi connectivity index (χ2v) is 8.49. The number of thiol groups is 1. The van der Waals surface area contributed by atoms with Gasteiger partial charge in [-0.25, -0.2) is 0 Å². The summed E-state index contributed by atoms with van der Waals surface area (Å²) in [5.41, 5.74) is -2.42. The average Bonchev–Trinajstić information content (AvgIpc) is 2.91. The van der Waals surface area contributed by atoms with E-state index in [9.17, 15) is 22.8 Å². The number of rotatable bonds is 4. The molecule has 0 aromatic heterocycles. The van der Waals surface area contributed by atoms with E-state index >= 15 is 0 Å². The van der Waals surface area contributed by atoms with Crippen LogP contribution in [0.1, 0.15) is 44.4 Å². The Morgan fingerprint density at radius 1 is 1.21 bits per heavy atom. The Bertz CT molecular complexity index is 1160. The highest BCUT2D eigenvalue weighted by molar-refractivity contribution is 7.81. The maximum atomic E-state index is 13.5. The molecule has 174 valence electrons. The van der Waals surface area contributed by atoms with Crippen LogP contribution in [0.15, 0.2) is 36.4 Å². The van der Waals surface area contributed by atoms with E-state index in [2.05, 4.69) is 12.6 Å². The minimum absolute atomic E-state index is 0.0193. The van der Waals surface area contributed by atoms with Gasteiger partial charge in [-0.3, -0.25) is 14.5 Å². The zero-order valence-corrected chi connectivity index (χ0v) is 19.3. The lowest BCUT2D eigenvalue weighted by molar-refractivity contribution is -0.138. The molecule has 3 rings (SSSR count). The number of esters is 1. The molecule has 1 fully saturated rings. The first-order valence-electron chi connectivity index (χ1n) is 10.1. The fraction of sp³-hybridized carbons (Fsp3) is 0.348. The maximum Gasteiger partial charge on any atom is 0.417 e. The van der Waals surface area contributed by atoms with Crippen LogP contribution in [0.3, 0.4) is 0 Å². The number of halogens is 3. The minimum atomic E-state index is -4.76. The molecule has 1 unspecified atom stereocenters. The molecule has 0 N–H and O–H groups in total. The number of anilines is 2. The molecule has 10 heteroatoms. The topological polar surface area (TPSA) is 73.6 Å². The van der Waals surface area contributed by atoms with Gasteiger partial charge in [0.15, 0.2) is 5.50 Å². The highest BCUT2D eigenvalue weighted by Crippen LogP contribution is 2.43. The molecule has 0 spiro atoms. The highest BCUT2D eigenvalue weighted by atomic mass is 32.1. The molecule has 0 saturated carbocycles. The number of aryl methyl sites for hydroxylation is 1. The normalized spacial score (nSPS) is 17.8. The van der Waals surface area contributed by atoms with Gasteiger partial charge in [0.2, 0.25) is 0 Å². The van der Waals surface area contributed by atoms with E-state index < -0.39 is 40.2 Å². The minimum Gasteiger partial charge on any atom is -0.426 e. The molecule has 1 aliphatic rings. The summed E-state index contributed by atoms with van der Waals surface area (Å²) in [6.45, 7) is 6.48. The second-order valence-electron chi connectivity index (χ2n) is 8.03. The van der Waals surface area contributed by atoms with Crippen LogP contribution >= 0.6 is 12.6 Å². The van der Waals surface area contributed by atoms with Crippen molar-refractivity contribution in [2.24, 2.45) is 0 Å². The second kappa shape index (κ2) is 8.63. The largest absolute Gasteiger partial charge is 0.426 e. The van der Waals surface area contributed by atoms with E-state index in [0.717, 1.165) is 17.7 Å². The Labute approximate surface area is 194 Å². The highest BCUT2D eigenvalue weighted by Gasteiger charge is 2.51. The molecular formula is C23H22F3N3O3S. The van der Waals surface area contributed by atoms with Crippen LogP contribution in [0, 0.1) is 11.3 Å². The third-order valence-corrected chi connectivity index (χ3v) is 5.93. The standard InChI is InChI=1S/C23H22F3N3O3S/c1-5-14-10-17(8-9-19(14)32-13(2)30)29-21(33)28(20(31)22(29,3)4)16-7-6-15(12-27)18(11-16)23(24,25)26/h6-11,21,33H,5H2,1-4H3. The first kappa shape index (κ1) is 24.5. The van der Waals surface area contributed by atoms with Crippen molar-refractivity contribution in [2.45, 2.75) is 51.3 Å². The number of nitrogens with zero attached hydrogens (tertiary/aromatic N) is 3. The van der Waals surface area contributed by atoms with Crippen LogP contribution < -0.4 is 14.5 Å². The van der Waals surface area contributed by atoms with Crippen LogP contribution in [0.25, 0.3) is 0 Å². The molecule has 1 heterocycles. The van der Waals surface area contributed by atoms with E-state index in [1.165, 1.54) is 24.0 Å². The molecule has 2 aromatic carbocycles. The first-order chi connectivity index (χ1) is 15.3.